The van der Waals surface area contributed by atoms with E-state index in [1.54, 1.807) is 13.2 Å². The van der Waals surface area contributed by atoms with Crippen LogP contribution in [-0.4, -0.2) is 36.9 Å². The molecule has 1 N–H and O–H groups in total. The average molecular weight is 387 g/mol. The van der Waals surface area contributed by atoms with Crippen molar-refractivity contribution in [1.82, 2.24) is 10.2 Å². The van der Waals surface area contributed by atoms with E-state index in [1.807, 2.05) is 40.6 Å². The number of hydrogen-bond acceptors (Lipinski definition) is 4. The lowest BCUT2D eigenvalue weighted by molar-refractivity contribution is -0.133. The molecule has 1 aliphatic heterocycles. The van der Waals surface area contributed by atoms with E-state index in [0.29, 0.717) is 17.8 Å². The van der Waals surface area contributed by atoms with Crippen molar-refractivity contribution in [3.63, 3.8) is 0 Å². The summed E-state index contributed by atoms with van der Waals surface area (Å²) in [6, 6.07) is 11.7. The standard InChI is InChI=1S/C21H26N2O3S/c1-26-17-10-8-16(9-11-17)18-6-3-2-4-14-23(18)20(24)12-13-22-21(25)19-7-5-15-27-19/h5,7-11,15,18H,2-4,6,12-14H2,1H3,(H,22,25)/t18-/m0/s1. The van der Waals surface area contributed by atoms with Crippen LogP contribution in [0.1, 0.15) is 53.4 Å². The van der Waals surface area contributed by atoms with Gasteiger partial charge in [-0.25, -0.2) is 0 Å². The van der Waals surface area contributed by atoms with E-state index in [9.17, 15) is 9.59 Å². The summed E-state index contributed by atoms with van der Waals surface area (Å²) in [5.74, 6) is 0.811. The molecule has 2 amide bonds. The molecule has 2 heterocycles. The zero-order valence-electron chi connectivity index (χ0n) is 15.6. The maximum Gasteiger partial charge on any atom is 0.261 e. The summed E-state index contributed by atoms with van der Waals surface area (Å²) >= 11 is 1.40. The first-order valence-electron chi connectivity index (χ1n) is 9.44. The Morgan fingerprint density at radius 2 is 2.00 bits per heavy atom. The summed E-state index contributed by atoms with van der Waals surface area (Å²) < 4.78 is 5.24. The number of hydrogen-bond donors (Lipinski definition) is 1. The van der Waals surface area contributed by atoms with Crippen molar-refractivity contribution in [3.8, 4) is 5.75 Å². The van der Waals surface area contributed by atoms with Crippen LogP contribution in [0.5, 0.6) is 5.75 Å². The highest BCUT2D eigenvalue weighted by molar-refractivity contribution is 7.12. The van der Waals surface area contributed by atoms with Gasteiger partial charge in [0.2, 0.25) is 5.91 Å². The fourth-order valence-corrected chi connectivity index (χ4v) is 4.14. The Morgan fingerprint density at radius 1 is 1.19 bits per heavy atom. The molecule has 1 fully saturated rings. The molecule has 1 aromatic heterocycles. The number of rotatable bonds is 6. The minimum absolute atomic E-state index is 0.0962. The van der Waals surface area contributed by atoms with Gasteiger partial charge in [-0.05, 0) is 42.0 Å². The molecule has 6 heteroatoms. The van der Waals surface area contributed by atoms with Gasteiger partial charge in [0.1, 0.15) is 5.75 Å². The highest BCUT2D eigenvalue weighted by atomic mass is 32.1. The Kier molecular flexibility index (Phi) is 6.87. The zero-order chi connectivity index (χ0) is 19.1. The van der Waals surface area contributed by atoms with Crippen molar-refractivity contribution in [2.75, 3.05) is 20.2 Å². The first kappa shape index (κ1) is 19.4. The molecule has 0 bridgehead atoms. The first-order valence-corrected chi connectivity index (χ1v) is 10.3. The number of likely N-dealkylation sites (tertiary alicyclic amines) is 1. The Morgan fingerprint density at radius 3 is 2.70 bits per heavy atom. The highest BCUT2D eigenvalue weighted by Crippen LogP contribution is 2.31. The second-order valence-corrected chi connectivity index (χ2v) is 7.66. The van der Waals surface area contributed by atoms with Crippen molar-refractivity contribution in [3.05, 3.63) is 52.2 Å². The van der Waals surface area contributed by atoms with E-state index in [1.165, 1.54) is 11.3 Å². The minimum atomic E-state index is -0.111. The van der Waals surface area contributed by atoms with E-state index in [2.05, 4.69) is 5.32 Å². The van der Waals surface area contributed by atoms with Crippen molar-refractivity contribution in [2.24, 2.45) is 0 Å². The topological polar surface area (TPSA) is 58.6 Å². The summed E-state index contributed by atoms with van der Waals surface area (Å²) in [7, 11) is 1.65. The van der Waals surface area contributed by atoms with Crippen LogP contribution in [0.2, 0.25) is 0 Å². The van der Waals surface area contributed by atoms with E-state index in [-0.39, 0.29) is 17.9 Å². The molecular weight excluding hydrogens is 360 g/mol. The maximum atomic E-state index is 12.9. The molecule has 0 radical (unpaired) electrons. The van der Waals surface area contributed by atoms with Crippen molar-refractivity contribution in [2.45, 2.75) is 38.1 Å². The lowest BCUT2D eigenvalue weighted by Crippen LogP contribution is -2.37. The smallest absolute Gasteiger partial charge is 0.261 e. The zero-order valence-corrected chi connectivity index (χ0v) is 16.5. The van der Waals surface area contributed by atoms with Crippen LogP contribution in [0, 0.1) is 0 Å². The molecule has 0 saturated carbocycles. The number of nitrogens with zero attached hydrogens (tertiary/aromatic N) is 1. The number of methoxy groups -OCH3 is 1. The largest absolute Gasteiger partial charge is 0.497 e. The average Bonchev–Trinajstić information content (AvgIpc) is 3.12. The number of ether oxygens (including phenoxy) is 1. The molecule has 144 valence electrons. The fraction of sp³-hybridized carbons (Fsp3) is 0.429. The van der Waals surface area contributed by atoms with Crippen LogP contribution in [-0.2, 0) is 4.79 Å². The van der Waals surface area contributed by atoms with Crippen LogP contribution in [0.15, 0.2) is 41.8 Å². The molecule has 3 rings (SSSR count). The van der Waals surface area contributed by atoms with Gasteiger partial charge < -0.3 is 15.0 Å². The number of carbonyl (C=O) groups is 2. The number of amides is 2. The van der Waals surface area contributed by atoms with Crippen LogP contribution >= 0.6 is 11.3 Å². The molecule has 2 aromatic rings. The molecule has 0 aliphatic carbocycles. The third-order valence-corrected chi connectivity index (χ3v) is 5.81. The molecule has 1 aromatic carbocycles. The third kappa shape index (κ3) is 5.10. The quantitative estimate of drug-likeness (QED) is 0.816. The summed E-state index contributed by atoms with van der Waals surface area (Å²) in [6.07, 6.45) is 4.59. The van der Waals surface area contributed by atoms with E-state index in [0.717, 1.165) is 43.5 Å². The van der Waals surface area contributed by atoms with Gasteiger partial charge in [-0.3, -0.25) is 9.59 Å². The SMILES string of the molecule is COc1ccc([C@@H]2CCCCCN2C(=O)CCNC(=O)c2cccs2)cc1. The first-order chi connectivity index (χ1) is 13.2. The van der Waals surface area contributed by atoms with E-state index < -0.39 is 0 Å². The van der Waals surface area contributed by atoms with Crippen molar-refractivity contribution >= 4 is 23.2 Å². The summed E-state index contributed by atoms with van der Waals surface area (Å²) in [6.45, 7) is 1.13. The minimum Gasteiger partial charge on any atom is -0.497 e. The number of benzene rings is 1. The highest BCUT2D eigenvalue weighted by Gasteiger charge is 2.26. The molecule has 1 aliphatic rings. The Balaban J connectivity index is 1.61. The molecule has 0 spiro atoms. The van der Waals surface area contributed by atoms with Crippen LogP contribution in [0.25, 0.3) is 0 Å². The van der Waals surface area contributed by atoms with E-state index in [4.69, 9.17) is 4.74 Å². The van der Waals surface area contributed by atoms with Gasteiger partial charge in [0.25, 0.3) is 5.91 Å². The molecule has 1 saturated heterocycles. The monoisotopic (exact) mass is 386 g/mol. The molecule has 0 unspecified atom stereocenters. The van der Waals surface area contributed by atoms with Crippen molar-refractivity contribution in [1.29, 1.82) is 0 Å². The summed E-state index contributed by atoms with van der Waals surface area (Å²) in [4.78, 5) is 27.6. The predicted octanol–water partition coefficient (Wildman–Crippen LogP) is 4.02. The number of nitrogens with one attached hydrogen (secondary N) is 1. The normalized spacial score (nSPS) is 17.2. The second kappa shape index (κ2) is 9.55. The maximum absolute atomic E-state index is 12.9. The van der Waals surface area contributed by atoms with Gasteiger partial charge in [0.05, 0.1) is 18.0 Å². The summed E-state index contributed by atoms with van der Waals surface area (Å²) in [5, 5.41) is 4.72. The van der Waals surface area contributed by atoms with Crippen LogP contribution < -0.4 is 10.1 Å². The predicted molar refractivity (Wildman–Crippen MR) is 107 cm³/mol. The molecule has 27 heavy (non-hydrogen) atoms. The lowest BCUT2D eigenvalue weighted by atomic mass is 10.0. The van der Waals surface area contributed by atoms with Crippen molar-refractivity contribution < 1.29 is 14.3 Å². The molecular formula is C21H26N2O3S. The lowest BCUT2D eigenvalue weighted by Gasteiger charge is -2.31. The Bertz CT molecular complexity index is 743. The second-order valence-electron chi connectivity index (χ2n) is 6.71. The molecule has 5 nitrogen and oxygen atoms in total. The molecule has 1 atom stereocenters. The number of thiophene rings is 1. The fourth-order valence-electron chi connectivity index (χ4n) is 3.50. The van der Waals surface area contributed by atoms with Gasteiger partial charge in [0, 0.05) is 19.5 Å². The van der Waals surface area contributed by atoms with Gasteiger partial charge in [0.15, 0.2) is 0 Å². The Labute approximate surface area is 164 Å². The van der Waals surface area contributed by atoms with Gasteiger partial charge in [-0.15, -0.1) is 11.3 Å². The van der Waals surface area contributed by atoms with Crippen LogP contribution in [0.4, 0.5) is 0 Å². The van der Waals surface area contributed by atoms with E-state index >= 15 is 0 Å². The Hall–Kier alpha value is -2.34. The van der Waals surface area contributed by atoms with Crippen LogP contribution in [0.3, 0.4) is 0 Å². The number of carbonyl (C=O) groups excluding carboxylic acids is 2. The third-order valence-electron chi connectivity index (χ3n) is 4.94. The summed E-state index contributed by atoms with van der Waals surface area (Å²) in [5.41, 5.74) is 1.15. The van der Waals surface area contributed by atoms with Gasteiger partial charge in [-0.1, -0.05) is 31.0 Å². The van der Waals surface area contributed by atoms with Gasteiger partial charge in [-0.2, -0.15) is 0 Å². The van der Waals surface area contributed by atoms with Gasteiger partial charge >= 0.3 is 0 Å².